The lowest BCUT2D eigenvalue weighted by molar-refractivity contribution is -0.179. The number of imide groups is 1. The fraction of sp³-hybridized carbons (Fsp3) is 0.306. The van der Waals surface area contributed by atoms with Crippen molar-refractivity contribution in [1.82, 2.24) is 15.1 Å². The lowest BCUT2D eigenvalue weighted by atomic mass is 9.65. The van der Waals surface area contributed by atoms with Crippen molar-refractivity contribution in [2.24, 2.45) is 5.92 Å². The van der Waals surface area contributed by atoms with E-state index in [2.05, 4.69) is 5.32 Å². The van der Waals surface area contributed by atoms with Gasteiger partial charge >= 0.3 is 12.0 Å². The van der Waals surface area contributed by atoms with Gasteiger partial charge in [0.2, 0.25) is 11.8 Å². The lowest BCUT2D eigenvalue weighted by Gasteiger charge is -2.46. The minimum absolute atomic E-state index is 0.0273. The Bertz CT molecular complexity index is 2330. The molecular weight excluding hydrogens is 741 g/mol. The molecule has 4 heterocycles. The van der Waals surface area contributed by atoms with Crippen LogP contribution in [0.1, 0.15) is 91.1 Å². The minimum atomic E-state index is -1.79. The SMILES string of the molecule is CC(NC(=O)N1C(=O)C2(c3ccccc31)C(C(=O)N1CCCCCCC1)C1C(=O)OC(c3ccccc3)C(c3ccccc3)N1C2c1ccc(O)cc1)c1ccccc1. The highest BCUT2D eigenvalue weighted by Gasteiger charge is 2.76. The van der Waals surface area contributed by atoms with Gasteiger partial charge in [0.25, 0.3) is 0 Å². The predicted octanol–water partition coefficient (Wildman–Crippen LogP) is 8.32. The molecule has 0 bridgehead atoms. The summed E-state index contributed by atoms with van der Waals surface area (Å²) in [6.07, 6.45) is 3.80. The third-order valence-electron chi connectivity index (χ3n) is 12.9. The fourth-order valence-corrected chi connectivity index (χ4v) is 10.2. The molecule has 5 aromatic carbocycles. The minimum Gasteiger partial charge on any atom is -0.508 e. The quantitative estimate of drug-likeness (QED) is 0.166. The maximum atomic E-state index is 16.2. The molecule has 0 aromatic heterocycles. The van der Waals surface area contributed by atoms with E-state index in [1.807, 2.05) is 120 Å². The number of nitrogens with zero attached hydrogens (tertiary/aromatic N) is 3. The second kappa shape index (κ2) is 15.8. The number of hydrogen-bond donors (Lipinski definition) is 2. The maximum absolute atomic E-state index is 16.2. The number of rotatable bonds is 6. The summed E-state index contributed by atoms with van der Waals surface area (Å²) in [6.45, 7) is 2.84. The van der Waals surface area contributed by atoms with Crippen LogP contribution < -0.4 is 10.2 Å². The molecule has 9 rings (SSSR count). The third kappa shape index (κ3) is 6.46. The van der Waals surface area contributed by atoms with Crippen LogP contribution in [0.3, 0.4) is 0 Å². The van der Waals surface area contributed by atoms with Gasteiger partial charge in [-0.25, -0.2) is 9.69 Å². The number of benzene rings is 5. The molecule has 59 heavy (non-hydrogen) atoms. The van der Waals surface area contributed by atoms with Crippen LogP contribution in [0.15, 0.2) is 140 Å². The molecule has 0 radical (unpaired) electrons. The first-order valence-corrected chi connectivity index (χ1v) is 20.8. The van der Waals surface area contributed by atoms with Crippen LogP contribution in [0.25, 0.3) is 0 Å². The average molecular weight is 789 g/mol. The molecular formula is C49H48N4O6. The van der Waals surface area contributed by atoms with Gasteiger partial charge < -0.3 is 20.1 Å². The third-order valence-corrected chi connectivity index (χ3v) is 12.9. The van der Waals surface area contributed by atoms with Crippen LogP contribution in [0.2, 0.25) is 0 Å². The molecule has 7 atom stereocenters. The van der Waals surface area contributed by atoms with Gasteiger partial charge in [0.15, 0.2) is 0 Å². The highest BCUT2D eigenvalue weighted by atomic mass is 16.6. The summed E-state index contributed by atoms with van der Waals surface area (Å²) in [4.78, 5) is 67.1. The zero-order valence-electron chi connectivity index (χ0n) is 33.0. The van der Waals surface area contributed by atoms with E-state index >= 15 is 14.4 Å². The van der Waals surface area contributed by atoms with Crippen molar-refractivity contribution in [2.45, 2.75) is 74.7 Å². The Morgan fingerprint density at radius 3 is 1.93 bits per heavy atom. The van der Waals surface area contributed by atoms with Crippen LogP contribution in [0, 0.1) is 5.92 Å². The Hall–Kier alpha value is -6.26. The van der Waals surface area contributed by atoms with Gasteiger partial charge in [-0.1, -0.05) is 141 Å². The highest BCUT2D eigenvalue weighted by molar-refractivity contribution is 6.24. The Labute approximate surface area is 344 Å². The number of phenols is 1. The number of esters is 1. The number of ether oxygens (including phenoxy) is 1. The smallest absolute Gasteiger partial charge is 0.329 e. The van der Waals surface area contributed by atoms with E-state index in [4.69, 9.17) is 4.74 Å². The molecule has 7 unspecified atom stereocenters. The molecule has 10 nitrogen and oxygen atoms in total. The van der Waals surface area contributed by atoms with Crippen molar-refractivity contribution in [2.75, 3.05) is 18.0 Å². The van der Waals surface area contributed by atoms with Crippen molar-refractivity contribution < 1.29 is 29.0 Å². The highest BCUT2D eigenvalue weighted by Crippen LogP contribution is 2.66. The summed E-state index contributed by atoms with van der Waals surface area (Å²) < 4.78 is 6.58. The molecule has 4 aliphatic heterocycles. The van der Waals surface area contributed by atoms with Crippen molar-refractivity contribution in [3.63, 3.8) is 0 Å². The number of anilines is 1. The zero-order valence-corrected chi connectivity index (χ0v) is 33.0. The van der Waals surface area contributed by atoms with Crippen molar-refractivity contribution >= 4 is 29.5 Å². The van der Waals surface area contributed by atoms with Crippen LogP contribution in [0.4, 0.5) is 10.5 Å². The summed E-state index contributed by atoms with van der Waals surface area (Å²) in [5.41, 5.74) is 2.13. The van der Waals surface area contributed by atoms with E-state index in [1.165, 1.54) is 4.90 Å². The lowest BCUT2D eigenvalue weighted by Crippen LogP contribution is -2.57. The van der Waals surface area contributed by atoms with Crippen LogP contribution in [-0.4, -0.2) is 57.9 Å². The molecule has 3 saturated heterocycles. The van der Waals surface area contributed by atoms with Crippen molar-refractivity contribution in [3.05, 3.63) is 167 Å². The number of nitrogens with one attached hydrogen (secondary N) is 1. The summed E-state index contributed by atoms with van der Waals surface area (Å²) >= 11 is 0. The maximum Gasteiger partial charge on any atom is 0.329 e. The van der Waals surface area contributed by atoms with Gasteiger partial charge in [-0.05, 0) is 65.8 Å². The number of hydrogen-bond acceptors (Lipinski definition) is 7. The fourth-order valence-electron chi connectivity index (χ4n) is 10.2. The van der Waals surface area contributed by atoms with Gasteiger partial charge in [0.05, 0.1) is 29.7 Å². The molecule has 1 spiro atoms. The molecule has 0 saturated carbocycles. The number of amides is 4. The monoisotopic (exact) mass is 788 g/mol. The van der Waals surface area contributed by atoms with E-state index in [-0.39, 0.29) is 11.7 Å². The predicted molar refractivity (Wildman–Crippen MR) is 223 cm³/mol. The average Bonchev–Trinajstić information content (AvgIpc) is 3.71. The summed E-state index contributed by atoms with van der Waals surface area (Å²) in [5, 5.41) is 13.7. The first-order valence-electron chi connectivity index (χ1n) is 20.8. The number of cyclic esters (lactones) is 1. The molecule has 4 amide bonds. The van der Waals surface area contributed by atoms with Crippen LogP contribution >= 0.6 is 0 Å². The normalized spacial score (nSPS) is 26.0. The van der Waals surface area contributed by atoms with E-state index in [0.29, 0.717) is 29.9 Å². The van der Waals surface area contributed by atoms with Crippen LogP contribution in [0.5, 0.6) is 5.75 Å². The Morgan fingerprint density at radius 2 is 1.27 bits per heavy atom. The summed E-state index contributed by atoms with van der Waals surface area (Å²) in [7, 11) is 0. The van der Waals surface area contributed by atoms with Gasteiger partial charge in [0, 0.05) is 13.1 Å². The van der Waals surface area contributed by atoms with Gasteiger partial charge in [0.1, 0.15) is 23.3 Å². The molecule has 2 N–H and O–H groups in total. The number of carbonyl (C=O) groups excluding carboxylic acids is 4. The first-order chi connectivity index (χ1) is 28.8. The van der Waals surface area contributed by atoms with Gasteiger partial charge in [-0.3, -0.25) is 19.3 Å². The molecule has 4 aliphatic rings. The molecule has 0 aliphatic carbocycles. The molecule has 10 heteroatoms. The van der Waals surface area contributed by atoms with E-state index in [1.54, 1.807) is 36.4 Å². The second-order valence-corrected chi connectivity index (χ2v) is 16.2. The number of urea groups is 1. The van der Waals surface area contributed by atoms with E-state index < -0.39 is 59.5 Å². The van der Waals surface area contributed by atoms with E-state index in [0.717, 1.165) is 48.8 Å². The van der Waals surface area contributed by atoms with E-state index in [9.17, 15) is 9.90 Å². The number of fused-ring (bicyclic) bond motifs is 3. The van der Waals surface area contributed by atoms with Gasteiger partial charge in [-0.2, -0.15) is 0 Å². The summed E-state index contributed by atoms with van der Waals surface area (Å²) in [6, 6.07) is 38.7. The summed E-state index contributed by atoms with van der Waals surface area (Å²) in [5.74, 6) is -2.77. The van der Waals surface area contributed by atoms with Crippen LogP contribution in [-0.2, 0) is 24.5 Å². The number of carbonyl (C=O) groups is 4. The Kier molecular flexibility index (Phi) is 10.3. The Morgan fingerprint density at radius 1 is 0.695 bits per heavy atom. The molecule has 3 fully saturated rings. The molecule has 300 valence electrons. The van der Waals surface area contributed by atoms with Crippen molar-refractivity contribution in [3.8, 4) is 5.75 Å². The van der Waals surface area contributed by atoms with Gasteiger partial charge in [-0.15, -0.1) is 0 Å². The number of likely N-dealkylation sites (tertiary alicyclic amines) is 1. The largest absolute Gasteiger partial charge is 0.508 e. The number of aromatic hydroxyl groups is 1. The topological polar surface area (TPSA) is 119 Å². The molecule has 5 aromatic rings. The second-order valence-electron chi connectivity index (χ2n) is 16.2. The first kappa shape index (κ1) is 38.3. The van der Waals surface area contributed by atoms with Crippen molar-refractivity contribution in [1.29, 1.82) is 0 Å². The zero-order chi connectivity index (χ0) is 40.7. The number of morpholine rings is 1. The Balaban J connectivity index is 1.30. The number of para-hydroxylation sites is 1. The number of phenolic OH excluding ortho intramolecular Hbond substituents is 1. The standard InChI is InChI=1S/C49H48N4O6/c1-32(33-18-8-5-9-19-33)50-48(58)52-39-25-15-14-24-38(39)49(47(52)57)40(45(55)51-30-16-3-2-4-17-31-51)42-46(56)59-43(35-22-12-7-13-23-35)41(34-20-10-6-11-21-34)53(42)44(49)36-26-28-37(54)29-27-36/h5-15,18-29,32,40-44,54H,2-4,16-17,30-31H2,1H3,(H,50,58).